The lowest BCUT2D eigenvalue weighted by Crippen LogP contribution is -2.33. The molecular formula is C12H20N4O. The van der Waals surface area contributed by atoms with Gasteiger partial charge in [0.25, 0.3) is 0 Å². The van der Waals surface area contributed by atoms with Crippen LogP contribution in [0.1, 0.15) is 25.1 Å². The number of hydrogen-bond donors (Lipinski definition) is 1. The fourth-order valence-corrected chi connectivity index (χ4v) is 2.15. The molecule has 1 unspecified atom stereocenters. The standard InChI is InChI=1S/C12H20N4O/c1-15-7-6-14-11(15)9-16(2)12(17)8-10-4-3-5-13-10/h6-7,10,13H,3-5,8-9H2,1-2H3. The molecule has 5 nitrogen and oxygen atoms in total. The molecule has 1 fully saturated rings. The van der Waals surface area contributed by atoms with Gasteiger partial charge in [0.2, 0.25) is 5.91 Å². The maximum absolute atomic E-state index is 12.0. The normalized spacial score (nSPS) is 19.5. The molecule has 0 aromatic carbocycles. The summed E-state index contributed by atoms with van der Waals surface area (Å²) >= 11 is 0. The zero-order valence-corrected chi connectivity index (χ0v) is 10.5. The molecule has 1 aromatic rings. The van der Waals surface area contributed by atoms with Crippen LogP contribution >= 0.6 is 0 Å². The number of rotatable bonds is 4. The molecule has 1 amide bonds. The molecule has 1 atom stereocenters. The van der Waals surface area contributed by atoms with E-state index in [2.05, 4.69) is 10.3 Å². The number of carbonyl (C=O) groups is 1. The van der Waals surface area contributed by atoms with Crippen LogP contribution in [-0.4, -0.2) is 40.0 Å². The van der Waals surface area contributed by atoms with Crippen LogP contribution in [0.5, 0.6) is 0 Å². The minimum atomic E-state index is 0.187. The van der Waals surface area contributed by atoms with Crippen molar-refractivity contribution in [1.29, 1.82) is 0 Å². The van der Waals surface area contributed by atoms with Gasteiger partial charge in [-0.25, -0.2) is 4.98 Å². The van der Waals surface area contributed by atoms with Gasteiger partial charge in [-0.05, 0) is 19.4 Å². The van der Waals surface area contributed by atoms with Crippen LogP contribution in [0.3, 0.4) is 0 Å². The Morgan fingerprint density at radius 2 is 2.53 bits per heavy atom. The summed E-state index contributed by atoms with van der Waals surface area (Å²) in [4.78, 5) is 18.0. The monoisotopic (exact) mass is 236 g/mol. The molecule has 1 aromatic heterocycles. The Morgan fingerprint density at radius 1 is 1.71 bits per heavy atom. The lowest BCUT2D eigenvalue weighted by atomic mass is 10.1. The first kappa shape index (κ1) is 12.1. The number of aromatic nitrogens is 2. The van der Waals surface area contributed by atoms with Gasteiger partial charge in [-0.2, -0.15) is 0 Å². The quantitative estimate of drug-likeness (QED) is 0.829. The Labute approximate surface area is 102 Å². The maximum atomic E-state index is 12.0. The number of aryl methyl sites for hydroxylation is 1. The smallest absolute Gasteiger partial charge is 0.224 e. The minimum absolute atomic E-state index is 0.187. The average molecular weight is 236 g/mol. The number of carbonyl (C=O) groups excluding carboxylic acids is 1. The van der Waals surface area contributed by atoms with E-state index in [0.29, 0.717) is 19.0 Å². The predicted molar refractivity (Wildman–Crippen MR) is 65.3 cm³/mol. The summed E-state index contributed by atoms with van der Waals surface area (Å²) in [6.45, 7) is 1.62. The third kappa shape index (κ3) is 3.06. The lowest BCUT2D eigenvalue weighted by Gasteiger charge is -2.19. The molecule has 0 saturated carbocycles. The van der Waals surface area contributed by atoms with Crippen LogP contribution in [0.2, 0.25) is 0 Å². The van der Waals surface area contributed by atoms with Crippen LogP contribution in [0, 0.1) is 0 Å². The van der Waals surface area contributed by atoms with Gasteiger partial charge < -0.3 is 14.8 Å². The van der Waals surface area contributed by atoms with E-state index in [0.717, 1.165) is 18.8 Å². The van der Waals surface area contributed by atoms with Gasteiger partial charge in [0.05, 0.1) is 6.54 Å². The molecule has 0 bridgehead atoms. The second kappa shape index (κ2) is 5.31. The Hall–Kier alpha value is -1.36. The Kier molecular flexibility index (Phi) is 3.78. The van der Waals surface area contributed by atoms with E-state index in [4.69, 9.17) is 0 Å². The number of nitrogens with one attached hydrogen (secondary N) is 1. The molecule has 17 heavy (non-hydrogen) atoms. The molecule has 0 spiro atoms. The van der Waals surface area contributed by atoms with Crippen LogP contribution < -0.4 is 5.32 Å². The van der Waals surface area contributed by atoms with Crippen LogP contribution in [-0.2, 0) is 18.4 Å². The van der Waals surface area contributed by atoms with E-state index in [1.165, 1.54) is 6.42 Å². The van der Waals surface area contributed by atoms with Crippen molar-refractivity contribution in [1.82, 2.24) is 19.8 Å². The van der Waals surface area contributed by atoms with E-state index in [-0.39, 0.29) is 5.91 Å². The zero-order chi connectivity index (χ0) is 12.3. The van der Waals surface area contributed by atoms with Gasteiger partial charge in [0.1, 0.15) is 5.82 Å². The second-order valence-corrected chi connectivity index (χ2v) is 4.70. The van der Waals surface area contributed by atoms with Gasteiger partial charge in [-0.3, -0.25) is 4.79 Å². The third-order valence-corrected chi connectivity index (χ3v) is 3.31. The van der Waals surface area contributed by atoms with Crippen molar-refractivity contribution in [3.05, 3.63) is 18.2 Å². The van der Waals surface area contributed by atoms with E-state index >= 15 is 0 Å². The highest BCUT2D eigenvalue weighted by Crippen LogP contribution is 2.11. The highest BCUT2D eigenvalue weighted by molar-refractivity contribution is 5.76. The first-order chi connectivity index (χ1) is 8.16. The van der Waals surface area contributed by atoms with E-state index in [1.54, 1.807) is 11.1 Å². The summed E-state index contributed by atoms with van der Waals surface area (Å²) in [5.41, 5.74) is 0. The van der Waals surface area contributed by atoms with Crippen molar-refractivity contribution in [3.63, 3.8) is 0 Å². The molecule has 0 radical (unpaired) electrons. The summed E-state index contributed by atoms with van der Waals surface area (Å²) in [5.74, 6) is 1.10. The summed E-state index contributed by atoms with van der Waals surface area (Å²) in [7, 11) is 3.78. The second-order valence-electron chi connectivity index (χ2n) is 4.70. The Bertz CT molecular complexity index is 382. The Morgan fingerprint density at radius 3 is 3.12 bits per heavy atom. The Balaban J connectivity index is 1.84. The van der Waals surface area contributed by atoms with Gasteiger partial charge in [0.15, 0.2) is 0 Å². The molecule has 2 heterocycles. The molecule has 5 heteroatoms. The van der Waals surface area contributed by atoms with E-state index < -0.39 is 0 Å². The number of imidazole rings is 1. The van der Waals surface area contributed by atoms with Crippen molar-refractivity contribution in [2.45, 2.75) is 31.8 Å². The first-order valence-corrected chi connectivity index (χ1v) is 6.10. The third-order valence-electron chi connectivity index (χ3n) is 3.31. The van der Waals surface area contributed by atoms with Crippen LogP contribution in [0.4, 0.5) is 0 Å². The van der Waals surface area contributed by atoms with Crippen LogP contribution in [0.15, 0.2) is 12.4 Å². The summed E-state index contributed by atoms with van der Waals surface area (Å²) in [6, 6.07) is 0.367. The highest BCUT2D eigenvalue weighted by Gasteiger charge is 2.20. The average Bonchev–Trinajstić information content (AvgIpc) is 2.91. The molecule has 1 N–H and O–H groups in total. The molecular weight excluding hydrogens is 216 g/mol. The fourth-order valence-electron chi connectivity index (χ4n) is 2.15. The molecule has 0 aliphatic carbocycles. The van der Waals surface area contributed by atoms with Gasteiger partial charge in [-0.15, -0.1) is 0 Å². The number of nitrogens with zero attached hydrogens (tertiary/aromatic N) is 3. The van der Waals surface area contributed by atoms with Gasteiger partial charge in [0, 0.05) is 39.0 Å². The highest BCUT2D eigenvalue weighted by atomic mass is 16.2. The fraction of sp³-hybridized carbons (Fsp3) is 0.667. The largest absolute Gasteiger partial charge is 0.338 e. The van der Waals surface area contributed by atoms with E-state index in [9.17, 15) is 4.79 Å². The molecule has 1 aliphatic rings. The molecule has 1 aliphatic heterocycles. The first-order valence-electron chi connectivity index (χ1n) is 6.10. The molecule has 2 rings (SSSR count). The number of amides is 1. The van der Waals surface area contributed by atoms with Crippen molar-refractivity contribution >= 4 is 5.91 Å². The summed E-state index contributed by atoms with van der Waals surface area (Å²) < 4.78 is 1.94. The van der Waals surface area contributed by atoms with Crippen molar-refractivity contribution in [2.75, 3.05) is 13.6 Å². The molecule has 1 saturated heterocycles. The predicted octanol–water partition coefficient (Wildman–Crippen LogP) is 0.521. The number of hydrogen-bond acceptors (Lipinski definition) is 3. The topological polar surface area (TPSA) is 50.2 Å². The van der Waals surface area contributed by atoms with Crippen LogP contribution in [0.25, 0.3) is 0 Å². The lowest BCUT2D eigenvalue weighted by molar-refractivity contribution is -0.131. The van der Waals surface area contributed by atoms with Gasteiger partial charge in [-0.1, -0.05) is 0 Å². The van der Waals surface area contributed by atoms with Gasteiger partial charge >= 0.3 is 0 Å². The summed E-state index contributed by atoms with van der Waals surface area (Å²) in [6.07, 6.45) is 6.54. The minimum Gasteiger partial charge on any atom is -0.338 e. The van der Waals surface area contributed by atoms with E-state index in [1.807, 2.05) is 24.9 Å². The van der Waals surface area contributed by atoms with Crippen molar-refractivity contribution in [3.8, 4) is 0 Å². The van der Waals surface area contributed by atoms with Crippen molar-refractivity contribution < 1.29 is 4.79 Å². The summed E-state index contributed by atoms with van der Waals surface area (Å²) in [5, 5.41) is 3.34. The maximum Gasteiger partial charge on any atom is 0.224 e. The molecule has 94 valence electrons. The SMILES string of the molecule is CN(Cc1nccn1C)C(=O)CC1CCCN1. The van der Waals surface area contributed by atoms with Crippen molar-refractivity contribution in [2.24, 2.45) is 7.05 Å². The zero-order valence-electron chi connectivity index (χ0n) is 10.5.